The lowest BCUT2D eigenvalue weighted by molar-refractivity contribution is -0.384. The van der Waals surface area contributed by atoms with Crippen LogP contribution in [-0.2, 0) is 12.0 Å². The first-order chi connectivity index (χ1) is 16.6. The number of non-ortho nitro benzene ring substituents is 1. The largest absolute Gasteiger partial charge is 0.488 e. The lowest BCUT2D eigenvalue weighted by atomic mass is 9.95. The topological polar surface area (TPSA) is 99.6 Å². The second-order valence-electron chi connectivity index (χ2n) is 8.96. The fourth-order valence-electron chi connectivity index (χ4n) is 3.50. The van der Waals surface area contributed by atoms with E-state index >= 15 is 0 Å². The Kier molecular flexibility index (Phi) is 6.79. The second-order valence-corrected chi connectivity index (χ2v) is 9.88. The van der Waals surface area contributed by atoms with Crippen molar-refractivity contribution in [2.75, 3.05) is 0 Å². The highest BCUT2D eigenvalue weighted by Gasteiger charge is 2.23. The minimum absolute atomic E-state index is 0.00507. The number of nitro benzene ring substituents is 1. The van der Waals surface area contributed by atoms with Gasteiger partial charge in [-0.15, -0.1) is 0 Å². The molecule has 4 rings (SSSR count). The monoisotopic (exact) mass is 534 g/mol. The summed E-state index contributed by atoms with van der Waals surface area (Å²) < 4.78 is 8.04. The van der Waals surface area contributed by atoms with Gasteiger partial charge in [0.1, 0.15) is 18.2 Å². The van der Waals surface area contributed by atoms with Crippen LogP contribution >= 0.6 is 15.9 Å². The molecule has 178 valence electrons. The van der Waals surface area contributed by atoms with Crippen molar-refractivity contribution < 1.29 is 9.66 Å². The summed E-state index contributed by atoms with van der Waals surface area (Å²) in [6.45, 7) is 6.07. The lowest BCUT2D eigenvalue weighted by Crippen LogP contribution is -2.29. The average Bonchev–Trinajstić information content (AvgIpc) is 2.82. The molecule has 35 heavy (non-hydrogen) atoms. The third-order valence-electron chi connectivity index (χ3n) is 5.23. The van der Waals surface area contributed by atoms with Crippen LogP contribution in [0, 0.1) is 10.1 Å². The van der Waals surface area contributed by atoms with E-state index in [1.54, 1.807) is 36.5 Å². The maximum atomic E-state index is 13.4. The lowest BCUT2D eigenvalue weighted by Gasteiger charge is -2.21. The molecular weight excluding hydrogens is 512 g/mol. The molecule has 1 aromatic heterocycles. The molecule has 0 aliphatic rings. The molecule has 0 amide bonds. The molecule has 3 aromatic carbocycles. The average molecular weight is 535 g/mol. The number of para-hydroxylation sites is 1. The number of fused-ring (bicyclic) bond motifs is 1. The fraction of sp³-hybridized carbons (Fsp3) is 0.192. The van der Waals surface area contributed by atoms with Gasteiger partial charge in [0.25, 0.3) is 11.2 Å². The number of hydrogen-bond acceptors (Lipinski definition) is 6. The van der Waals surface area contributed by atoms with E-state index in [4.69, 9.17) is 9.72 Å². The first-order valence-corrected chi connectivity index (χ1v) is 11.6. The molecule has 0 saturated heterocycles. The number of benzene rings is 3. The van der Waals surface area contributed by atoms with E-state index in [1.165, 1.54) is 16.8 Å². The molecule has 1 heterocycles. The van der Waals surface area contributed by atoms with Crippen LogP contribution in [0.25, 0.3) is 10.9 Å². The van der Waals surface area contributed by atoms with Crippen LogP contribution in [0.4, 0.5) is 5.69 Å². The van der Waals surface area contributed by atoms with Crippen LogP contribution in [0.3, 0.4) is 0 Å². The molecule has 8 nitrogen and oxygen atoms in total. The van der Waals surface area contributed by atoms with E-state index in [9.17, 15) is 14.9 Å². The summed E-state index contributed by atoms with van der Waals surface area (Å²) in [5.74, 6) is 1.06. The van der Waals surface area contributed by atoms with Gasteiger partial charge in [-0.3, -0.25) is 14.9 Å². The first-order valence-electron chi connectivity index (χ1n) is 10.9. The Balaban J connectivity index is 1.70. The first kappa shape index (κ1) is 24.3. The molecule has 0 aliphatic carbocycles. The molecular formula is C26H23BrN4O4. The van der Waals surface area contributed by atoms with Gasteiger partial charge in [0.05, 0.1) is 22.0 Å². The summed E-state index contributed by atoms with van der Waals surface area (Å²) in [7, 11) is 0. The minimum Gasteiger partial charge on any atom is -0.488 e. The molecule has 0 unspecified atom stereocenters. The van der Waals surface area contributed by atoms with E-state index in [0.717, 1.165) is 4.47 Å². The molecule has 0 bridgehead atoms. The Morgan fingerprint density at radius 2 is 1.89 bits per heavy atom. The van der Waals surface area contributed by atoms with Crippen molar-refractivity contribution in [3.8, 4) is 5.75 Å². The van der Waals surface area contributed by atoms with Crippen LogP contribution in [-0.4, -0.2) is 20.8 Å². The van der Waals surface area contributed by atoms with E-state index in [2.05, 4.69) is 21.0 Å². The molecule has 0 radical (unpaired) electrons. The predicted octanol–water partition coefficient (Wildman–Crippen LogP) is 5.83. The van der Waals surface area contributed by atoms with Gasteiger partial charge in [-0.1, -0.05) is 61.0 Å². The summed E-state index contributed by atoms with van der Waals surface area (Å²) in [4.78, 5) is 28.7. The van der Waals surface area contributed by atoms with Gasteiger partial charge in [-0.05, 0) is 35.9 Å². The SMILES string of the molecule is CC(C)(C)c1nc2ccc(Br)cc2c(=O)n1N=Cc1ccccc1OCc1cccc([N+](=O)[O-])c1. The summed E-state index contributed by atoms with van der Waals surface area (Å²) in [6, 6.07) is 18.9. The highest BCUT2D eigenvalue weighted by atomic mass is 79.9. The number of aromatic nitrogens is 2. The number of ether oxygens (including phenoxy) is 1. The van der Waals surface area contributed by atoms with E-state index in [0.29, 0.717) is 33.6 Å². The number of nitro groups is 1. The van der Waals surface area contributed by atoms with E-state index < -0.39 is 10.3 Å². The Morgan fingerprint density at radius 3 is 2.63 bits per heavy atom. The smallest absolute Gasteiger partial charge is 0.282 e. The van der Waals surface area contributed by atoms with Crippen LogP contribution in [0.2, 0.25) is 0 Å². The van der Waals surface area contributed by atoms with Crippen molar-refractivity contribution in [3.05, 3.63) is 109 Å². The van der Waals surface area contributed by atoms with Crippen molar-refractivity contribution >= 4 is 38.7 Å². The van der Waals surface area contributed by atoms with Gasteiger partial charge >= 0.3 is 0 Å². The zero-order valence-electron chi connectivity index (χ0n) is 19.4. The van der Waals surface area contributed by atoms with Gasteiger partial charge in [-0.2, -0.15) is 9.78 Å². The highest BCUT2D eigenvalue weighted by molar-refractivity contribution is 9.10. The number of nitrogens with zero attached hydrogens (tertiary/aromatic N) is 4. The van der Waals surface area contributed by atoms with Gasteiger partial charge in [0.15, 0.2) is 0 Å². The van der Waals surface area contributed by atoms with Gasteiger partial charge in [0.2, 0.25) is 0 Å². The Morgan fingerprint density at radius 1 is 1.11 bits per heavy atom. The summed E-state index contributed by atoms with van der Waals surface area (Å²) in [5, 5.41) is 16.0. The Bertz CT molecular complexity index is 1510. The van der Waals surface area contributed by atoms with Gasteiger partial charge in [0, 0.05) is 27.6 Å². The minimum atomic E-state index is -0.440. The second kappa shape index (κ2) is 9.79. The molecule has 4 aromatic rings. The summed E-state index contributed by atoms with van der Waals surface area (Å²) in [5.41, 5.74) is 1.23. The van der Waals surface area contributed by atoms with E-state index in [1.807, 2.05) is 45.0 Å². The van der Waals surface area contributed by atoms with Crippen LogP contribution in [0.1, 0.15) is 37.7 Å². The zero-order chi connectivity index (χ0) is 25.2. The maximum absolute atomic E-state index is 13.4. The molecule has 0 aliphatic heterocycles. The zero-order valence-corrected chi connectivity index (χ0v) is 21.0. The van der Waals surface area contributed by atoms with Crippen molar-refractivity contribution in [2.24, 2.45) is 5.10 Å². The van der Waals surface area contributed by atoms with Crippen molar-refractivity contribution in [1.82, 2.24) is 9.66 Å². The van der Waals surface area contributed by atoms with Crippen LogP contribution in [0.15, 0.2) is 81.1 Å². The standard InChI is InChI=1S/C26H23BrN4O4/c1-26(2,3)25-29-22-12-11-19(27)14-21(22)24(32)30(25)28-15-18-8-4-5-10-23(18)35-16-17-7-6-9-20(13-17)31(33)34/h4-15H,16H2,1-3H3. The fourth-order valence-corrected chi connectivity index (χ4v) is 3.86. The molecule has 0 N–H and O–H groups in total. The summed E-state index contributed by atoms with van der Waals surface area (Å²) in [6.07, 6.45) is 1.56. The molecule has 0 fully saturated rings. The third kappa shape index (κ3) is 5.46. The van der Waals surface area contributed by atoms with Crippen LogP contribution < -0.4 is 10.3 Å². The quantitative estimate of drug-likeness (QED) is 0.176. The number of halogens is 1. The van der Waals surface area contributed by atoms with Crippen molar-refractivity contribution in [1.29, 1.82) is 0 Å². The molecule has 9 heteroatoms. The normalized spacial score (nSPS) is 11.8. The van der Waals surface area contributed by atoms with Gasteiger partial charge in [-0.25, -0.2) is 4.98 Å². The third-order valence-corrected chi connectivity index (χ3v) is 5.72. The van der Waals surface area contributed by atoms with Crippen molar-refractivity contribution in [2.45, 2.75) is 32.8 Å². The number of rotatable bonds is 6. The molecule has 0 atom stereocenters. The molecule has 0 saturated carbocycles. The summed E-state index contributed by atoms with van der Waals surface area (Å²) >= 11 is 3.41. The van der Waals surface area contributed by atoms with E-state index in [-0.39, 0.29) is 17.9 Å². The van der Waals surface area contributed by atoms with Crippen molar-refractivity contribution in [3.63, 3.8) is 0 Å². The Hall–Kier alpha value is -3.85. The predicted molar refractivity (Wildman–Crippen MR) is 139 cm³/mol. The van der Waals surface area contributed by atoms with Gasteiger partial charge < -0.3 is 4.74 Å². The Labute approximate surface area is 210 Å². The molecule has 0 spiro atoms. The maximum Gasteiger partial charge on any atom is 0.282 e. The van der Waals surface area contributed by atoms with Crippen LogP contribution in [0.5, 0.6) is 5.75 Å². The highest BCUT2D eigenvalue weighted by Crippen LogP contribution is 2.24. The number of hydrogen-bond donors (Lipinski definition) is 0.